The van der Waals surface area contributed by atoms with Crippen LogP contribution in [-0.2, 0) is 17.7 Å². The molecule has 1 aromatic carbocycles. The van der Waals surface area contributed by atoms with Crippen LogP contribution in [0.4, 0.5) is 5.95 Å². The van der Waals surface area contributed by atoms with Gasteiger partial charge in [0.05, 0.1) is 29.5 Å². The molecule has 6 nitrogen and oxygen atoms in total. The molecule has 0 spiro atoms. The zero-order chi connectivity index (χ0) is 19.7. The fourth-order valence-corrected chi connectivity index (χ4v) is 5.07. The average Bonchev–Trinajstić information content (AvgIpc) is 3.04. The van der Waals surface area contributed by atoms with Gasteiger partial charge < -0.3 is 15.0 Å². The molecule has 1 unspecified atom stereocenters. The van der Waals surface area contributed by atoms with Crippen LogP contribution in [-0.4, -0.2) is 43.4 Å². The molecule has 0 radical (unpaired) electrons. The number of nitrogens with zero attached hydrogens (tertiary/aromatic N) is 2. The number of rotatable bonds is 6. The maximum atomic E-state index is 13.6. The molecule has 3 heterocycles. The second-order valence-electron chi connectivity index (χ2n) is 7.14. The first-order chi connectivity index (χ1) is 13.6. The number of ether oxygens (including phenoxy) is 1. The Morgan fingerprint density at radius 2 is 2.14 bits per heavy atom. The van der Waals surface area contributed by atoms with Crippen molar-refractivity contribution in [2.45, 2.75) is 19.4 Å². The molecule has 4 rings (SSSR count). The molecule has 0 saturated heterocycles. The number of nitrogens with one attached hydrogen (secondary N) is 2. The number of aromatic nitrogens is 2. The number of likely N-dealkylation sites (N-methyl/N-ethyl adjacent to an activating group) is 1. The van der Waals surface area contributed by atoms with E-state index in [0.717, 1.165) is 41.8 Å². The highest BCUT2D eigenvalue weighted by atomic mass is 35.5. The summed E-state index contributed by atoms with van der Waals surface area (Å²) in [6.45, 7) is 3.32. The van der Waals surface area contributed by atoms with Crippen LogP contribution >= 0.6 is 22.9 Å². The first-order valence-corrected chi connectivity index (χ1v) is 10.6. The number of halogens is 1. The molecule has 0 amide bonds. The zero-order valence-corrected chi connectivity index (χ0v) is 17.6. The SMILES string of the molecule is COCCCNc1nc2sc3c(c2c(=O)n1-c1ccc(Cl)cc1)CC[NH+](C)C3. The summed E-state index contributed by atoms with van der Waals surface area (Å²) in [5, 5.41) is 4.73. The summed E-state index contributed by atoms with van der Waals surface area (Å²) in [5.74, 6) is 0.565. The van der Waals surface area contributed by atoms with E-state index in [2.05, 4.69) is 12.4 Å². The molecule has 3 aromatic rings. The topological polar surface area (TPSA) is 60.6 Å². The van der Waals surface area contributed by atoms with Crippen LogP contribution in [0.2, 0.25) is 5.02 Å². The molecule has 0 fully saturated rings. The van der Waals surface area contributed by atoms with Crippen LogP contribution in [0.5, 0.6) is 0 Å². The molecule has 0 saturated carbocycles. The van der Waals surface area contributed by atoms with Crippen molar-refractivity contribution in [2.75, 3.05) is 39.2 Å². The Labute approximate surface area is 172 Å². The molecule has 0 aliphatic carbocycles. The van der Waals surface area contributed by atoms with E-state index in [4.69, 9.17) is 21.3 Å². The number of methoxy groups -OCH3 is 1. The Kier molecular flexibility index (Phi) is 5.68. The maximum Gasteiger partial charge on any atom is 0.268 e. The van der Waals surface area contributed by atoms with Crippen molar-refractivity contribution in [3.63, 3.8) is 0 Å². The minimum absolute atomic E-state index is 0.0152. The van der Waals surface area contributed by atoms with Gasteiger partial charge in [-0.2, -0.15) is 0 Å². The van der Waals surface area contributed by atoms with Gasteiger partial charge in [-0.3, -0.25) is 4.79 Å². The van der Waals surface area contributed by atoms with E-state index in [9.17, 15) is 4.79 Å². The summed E-state index contributed by atoms with van der Waals surface area (Å²) in [7, 11) is 3.87. The Balaban J connectivity index is 1.86. The predicted molar refractivity (Wildman–Crippen MR) is 114 cm³/mol. The number of hydrogen-bond acceptors (Lipinski definition) is 5. The van der Waals surface area contributed by atoms with Gasteiger partial charge in [0.2, 0.25) is 5.95 Å². The number of benzene rings is 1. The summed E-state index contributed by atoms with van der Waals surface area (Å²) in [6, 6.07) is 7.30. The van der Waals surface area contributed by atoms with E-state index in [1.165, 1.54) is 15.3 Å². The molecule has 1 aliphatic heterocycles. The smallest absolute Gasteiger partial charge is 0.268 e. The Morgan fingerprint density at radius 1 is 1.36 bits per heavy atom. The lowest BCUT2D eigenvalue weighted by atomic mass is 10.1. The van der Waals surface area contributed by atoms with Gasteiger partial charge in [0.15, 0.2) is 0 Å². The standard InChI is InChI=1S/C20H23ClN4O2S/c1-24-10-8-15-16(12-24)28-18-17(15)19(26)25(14-6-4-13(21)5-7-14)20(23-18)22-9-3-11-27-2/h4-7H,3,8-12H2,1-2H3,(H,22,23)/p+1. The van der Waals surface area contributed by atoms with Crippen molar-refractivity contribution in [2.24, 2.45) is 0 Å². The second kappa shape index (κ2) is 8.21. The molecule has 28 heavy (non-hydrogen) atoms. The van der Waals surface area contributed by atoms with E-state index in [1.807, 2.05) is 12.1 Å². The largest absolute Gasteiger partial charge is 0.385 e. The summed E-state index contributed by atoms with van der Waals surface area (Å²) >= 11 is 7.70. The molecule has 0 bridgehead atoms. The molecule has 2 aromatic heterocycles. The van der Waals surface area contributed by atoms with Crippen molar-refractivity contribution < 1.29 is 9.64 Å². The third-order valence-corrected chi connectivity index (χ3v) is 6.44. The van der Waals surface area contributed by atoms with Crippen LogP contribution in [0.15, 0.2) is 29.1 Å². The van der Waals surface area contributed by atoms with E-state index in [0.29, 0.717) is 24.1 Å². The number of anilines is 1. The minimum Gasteiger partial charge on any atom is -0.385 e. The molecular formula is C20H24ClN4O2S+. The van der Waals surface area contributed by atoms with E-state index in [-0.39, 0.29) is 5.56 Å². The van der Waals surface area contributed by atoms with Gasteiger partial charge in [-0.1, -0.05) is 11.6 Å². The highest BCUT2D eigenvalue weighted by Crippen LogP contribution is 2.30. The van der Waals surface area contributed by atoms with Crippen LogP contribution < -0.4 is 15.8 Å². The van der Waals surface area contributed by atoms with Crippen LogP contribution in [0.25, 0.3) is 15.9 Å². The van der Waals surface area contributed by atoms with E-state index >= 15 is 0 Å². The van der Waals surface area contributed by atoms with Gasteiger partial charge >= 0.3 is 0 Å². The number of thiophene rings is 1. The van der Waals surface area contributed by atoms with Gasteiger partial charge in [0.1, 0.15) is 11.4 Å². The zero-order valence-electron chi connectivity index (χ0n) is 16.0. The Morgan fingerprint density at radius 3 is 2.89 bits per heavy atom. The highest BCUT2D eigenvalue weighted by Gasteiger charge is 2.26. The van der Waals surface area contributed by atoms with Crippen molar-refractivity contribution in [1.29, 1.82) is 0 Å². The molecular weight excluding hydrogens is 396 g/mol. The first-order valence-electron chi connectivity index (χ1n) is 9.46. The lowest BCUT2D eigenvalue weighted by Gasteiger charge is -2.19. The summed E-state index contributed by atoms with van der Waals surface area (Å²) in [6.07, 6.45) is 1.75. The van der Waals surface area contributed by atoms with Crippen molar-refractivity contribution in [1.82, 2.24) is 9.55 Å². The fraction of sp³-hybridized carbons (Fsp3) is 0.400. The van der Waals surface area contributed by atoms with Gasteiger partial charge in [0, 0.05) is 31.7 Å². The highest BCUT2D eigenvalue weighted by molar-refractivity contribution is 7.18. The lowest BCUT2D eigenvalue weighted by molar-refractivity contribution is -0.895. The van der Waals surface area contributed by atoms with Crippen LogP contribution in [0.1, 0.15) is 16.9 Å². The fourth-order valence-electron chi connectivity index (χ4n) is 3.62. The van der Waals surface area contributed by atoms with Crippen LogP contribution in [0, 0.1) is 0 Å². The van der Waals surface area contributed by atoms with Gasteiger partial charge in [0.25, 0.3) is 5.56 Å². The van der Waals surface area contributed by atoms with Gasteiger partial charge in [-0.15, -0.1) is 11.3 Å². The summed E-state index contributed by atoms with van der Waals surface area (Å²) in [5.41, 5.74) is 1.92. The number of hydrogen-bond donors (Lipinski definition) is 2. The first kappa shape index (κ1) is 19.4. The average molecular weight is 420 g/mol. The molecule has 148 valence electrons. The third kappa shape index (κ3) is 3.67. The Bertz CT molecular complexity index is 1050. The van der Waals surface area contributed by atoms with Crippen molar-refractivity contribution in [3.05, 3.63) is 50.1 Å². The molecule has 1 atom stereocenters. The second-order valence-corrected chi connectivity index (χ2v) is 8.66. The molecule has 1 aliphatic rings. The van der Waals surface area contributed by atoms with Crippen LogP contribution in [0.3, 0.4) is 0 Å². The lowest BCUT2D eigenvalue weighted by Crippen LogP contribution is -3.08. The quantitative estimate of drug-likeness (QED) is 0.601. The number of fused-ring (bicyclic) bond motifs is 3. The van der Waals surface area contributed by atoms with E-state index < -0.39 is 0 Å². The minimum atomic E-state index is -0.0152. The Hall–Kier alpha value is -1.93. The number of quaternary nitrogens is 1. The third-order valence-electron chi connectivity index (χ3n) is 5.07. The normalized spacial score (nSPS) is 16.3. The van der Waals surface area contributed by atoms with Crippen molar-refractivity contribution >= 4 is 39.1 Å². The van der Waals surface area contributed by atoms with E-state index in [1.54, 1.807) is 35.1 Å². The maximum absolute atomic E-state index is 13.6. The summed E-state index contributed by atoms with van der Waals surface area (Å²) < 4.78 is 6.79. The molecule has 8 heteroatoms. The van der Waals surface area contributed by atoms with Gasteiger partial charge in [-0.05, 0) is 36.2 Å². The monoisotopic (exact) mass is 419 g/mol. The van der Waals surface area contributed by atoms with Crippen molar-refractivity contribution in [3.8, 4) is 5.69 Å². The predicted octanol–water partition coefficient (Wildman–Crippen LogP) is 2.12. The molecule has 2 N–H and O–H groups in total. The van der Waals surface area contributed by atoms with Gasteiger partial charge in [-0.25, -0.2) is 9.55 Å². The summed E-state index contributed by atoms with van der Waals surface area (Å²) in [4.78, 5) is 22.0.